The van der Waals surface area contributed by atoms with Gasteiger partial charge in [0.25, 0.3) is 5.91 Å². The SMILES string of the molecule is CCCN(CC(C)(C)CN)C(=O)c1ccc(C)cc1C. The first-order valence-corrected chi connectivity index (χ1v) is 7.37. The summed E-state index contributed by atoms with van der Waals surface area (Å²) in [6, 6.07) is 6.00. The highest BCUT2D eigenvalue weighted by Crippen LogP contribution is 2.19. The van der Waals surface area contributed by atoms with Crippen molar-refractivity contribution < 1.29 is 4.79 Å². The minimum absolute atomic E-state index is 0.0522. The number of nitrogens with two attached hydrogens (primary N) is 1. The molecule has 1 rings (SSSR count). The van der Waals surface area contributed by atoms with Crippen LogP contribution in [0.4, 0.5) is 0 Å². The quantitative estimate of drug-likeness (QED) is 0.867. The molecule has 20 heavy (non-hydrogen) atoms. The summed E-state index contributed by atoms with van der Waals surface area (Å²) in [5, 5.41) is 0. The van der Waals surface area contributed by atoms with Gasteiger partial charge in [0.05, 0.1) is 0 Å². The topological polar surface area (TPSA) is 46.3 Å². The van der Waals surface area contributed by atoms with Crippen molar-refractivity contribution in [3.63, 3.8) is 0 Å². The van der Waals surface area contributed by atoms with Crippen molar-refractivity contribution in [1.82, 2.24) is 4.90 Å². The van der Waals surface area contributed by atoms with Gasteiger partial charge < -0.3 is 10.6 Å². The molecule has 112 valence electrons. The van der Waals surface area contributed by atoms with Gasteiger partial charge in [-0.3, -0.25) is 4.79 Å². The monoisotopic (exact) mass is 276 g/mol. The van der Waals surface area contributed by atoms with E-state index in [-0.39, 0.29) is 11.3 Å². The van der Waals surface area contributed by atoms with Crippen molar-refractivity contribution in [1.29, 1.82) is 0 Å². The van der Waals surface area contributed by atoms with Crippen molar-refractivity contribution in [2.45, 2.75) is 41.0 Å². The Kier molecular flexibility index (Phi) is 5.75. The van der Waals surface area contributed by atoms with E-state index in [9.17, 15) is 4.79 Å². The van der Waals surface area contributed by atoms with Gasteiger partial charge in [-0.25, -0.2) is 0 Å². The smallest absolute Gasteiger partial charge is 0.254 e. The van der Waals surface area contributed by atoms with E-state index in [2.05, 4.69) is 26.8 Å². The third-order valence-corrected chi connectivity index (χ3v) is 3.56. The first-order chi connectivity index (χ1) is 9.30. The second kappa shape index (κ2) is 6.89. The molecule has 0 aliphatic carbocycles. The second-order valence-corrected chi connectivity index (χ2v) is 6.41. The molecule has 2 N–H and O–H groups in total. The predicted octanol–water partition coefficient (Wildman–Crippen LogP) is 3.14. The van der Waals surface area contributed by atoms with E-state index < -0.39 is 0 Å². The molecule has 1 aromatic carbocycles. The summed E-state index contributed by atoms with van der Waals surface area (Å²) in [5.41, 5.74) is 8.78. The van der Waals surface area contributed by atoms with E-state index in [1.54, 1.807) is 0 Å². The number of benzene rings is 1. The summed E-state index contributed by atoms with van der Waals surface area (Å²) in [7, 11) is 0. The molecule has 0 aliphatic heterocycles. The van der Waals surface area contributed by atoms with Crippen LogP contribution in [0.5, 0.6) is 0 Å². The van der Waals surface area contributed by atoms with Crippen LogP contribution in [0.1, 0.15) is 48.7 Å². The maximum Gasteiger partial charge on any atom is 0.254 e. The van der Waals surface area contributed by atoms with Gasteiger partial charge >= 0.3 is 0 Å². The minimum Gasteiger partial charge on any atom is -0.338 e. The molecule has 0 bridgehead atoms. The third-order valence-electron chi connectivity index (χ3n) is 3.56. The van der Waals surface area contributed by atoms with E-state index in [0.29, 0.717) is 13.1 Å². The molecule has 3 nitrogen and oxygen atoms in total. The fourth-order valence-electron chi connectivity index (χ4n) is 2.33. The van der Waals surface area contributed by atoms with Gasteiger partial charge in [-0.15, -0.1) is 0 Å². The molecule has 0 aliphatic rings. The molecule has 0 unspecified atom stereocenters. The van der Waals surface area contributed by atoms with Crippen LogP contribution in [-0.2, 0) is 0 Å². The lowest BCUT2D eigenvalue weighted by molar-refractivity contribution is 0.0689. The maximum atomic E-state index is 12.7. The number of carbonyl (C=O) groups excluding carboxylic acids is 1. The number of carbonyl (C=O) groups is 1. The van der Waals surface area contributed by atoms with Crippen molar-refractivity contribution in [2.24, 2.45) is 11.1 Å². The average molecular weight is 276 g/mol. The highest BCUT2D eigenvalue weighted by molar-refractivity contribution is 5.95. The Morgan fingerprint density at radius 1 is 1.30 bits per heavy atom. The first-order valence-electron chi connectivity index (χ1n) is 7.37. The van der Waals surface area contributed by atoms with Crippen LogP contribution >= 0.6 is 0 Å². The number of rotatable bonds is 6. The van der Waals surface area contributed by atoms with Gasteiger partial charge in [-0.05, 0) is 43.9 Å². The number of hydrogen-bond acceptors (Lipinski definition) is 2. The molecule has 0 spiro atoms. The lowest BCUT2D eigenvalue weighted by Gasteiger charge is -2.32. The molecule has 1 amide bonds. The second-order valence-electron chi connectivity index (χ2n) is 6.41. The lowest BCUT2D eigenvalue weighted by Crippen LogP contribution is -2.42. The summed E-state index contributed by atoms with van der Waals surface area (Å²) in [5.74, 6) is 0.117. The zero-order valence-corrected chi connectivity index (χ0v) is 13.5. The zero-order chi connectivity index (χ0) is 15.3. The Balaban J connectivity index is 2.99. The van der Waals surface area contributed by atoms with Gasteiger partial charge in [0.15, 0.2) is 0 Å². The van der Waals surface area contributed by atoms with Crippen LogP contribution in [0.3, 0.4) is 0 Å². The van der Waals surface area contributed by atoms with Crippen molar-refractivity contribution in [2.75, 3.05) is 19.6 Å². The molecule has 0 aromatic heterocycles. The third kappa shape index (κ3) is 4.34. The van der Waals surface area contributed by atoms with Crippen LogP contribution in [0.15, 0.2) is 18.2 Å². The van der Waals surface area contributed by atoms with Crippen LogP contribution in [0, 0.1) is 19.3 Å². The first kappa shape index (κ1) is 16.7. The van der Waals surface area contributed by atoms with Gasteiger partial charge in [-0.1, -0.05) is 38.5 Å². The number of hydrogen-bond donors (Lipinski definition) is 1. The van der Waals surface area contributed by atoms with Crippen molar-refractivity contribution in [3.05, 3.63) is 34.9 Å². The molecule has 0 atom stereocenters. The van der Waals surface area contributed by atoms with Crippen LogP contribution < -0.4 is 5.73 Å². The molecule has 0 heterocycles. The van der Waals surface area contributed by atoms with Gasteiger partial charge in [0.2, 0.25) is 0 Å². The highest BCUT2D eigenvalue weighted by atomic mass is 16.2. The summed E-state index contributed by atoms with van der Waals surface area (Å²) in [4.78, 5) is 14.7. The van der Waals surface area contributed by atoms with E-state index in [4.69, 9.17) is 5.73 Å². The summed E-state index contributed by atoms with van der Waals surface area (Å²) < 4.78 is 0. The molecular weight excluding hydrogens is 248 g/mol. The Labute approximate surface area is 123 Å². The molecule has 0 saturated heterocycles. The minimum atomic E-state index is -0.0522. The van der Waals surface area contributed by atoms with Crippen LogP contribution in [0.2, 0.25) is 0 Å². The standard InChI is InChI=1S/C17H28N2O/c1-6-9-19(12-17(4,5)11-18)16(20)15-8-7-13(2)10-14(15)3/h7-8,10H,6,9,11-12,18H2,1-5H3. The Hall–Kier alpha value is -1.35. The van der Waals surface area contributed by atoms with Crippen molar-refractivity contribution in [3.8, 4) is 0 Å². The van der Waals surface area contributed by atoms with Crippen LogP contribution in [-0.4, -0.2) is 30.4 Å². The van der Waals surface area contributed by atoms with E-state index in [1.165, 1.54) is 5.56 Å². The fraction of sp³-hybridized carbons (Fsp3) is 0.588. The van der Waals surface area contributed by atoms with Crippen molar-refractivity contribution >= 4 is 5.91 Å². The fourth-order valence-corrected chi connectivity index (χ4v) is 2.33. The lowest BCUT2D eigenvalue weighted by atomic mass is 9.92. The van der Waals surface area contributed by atoms with Crippen LogP contribution in [0.25, 0.3) is 0 Å². The summed E-state index contributed by atoms with van der Waals surface area (Å²) >= 11 is 0. The zero-order valence-electron chi connectivity index (χ0n) is 13.5. The number of aryl methyl sites for hydroxylation is 2. The molecule has 3 heteroatoms. The number of amides is 1. The van der Waals surface area contributed by atoms with E-state index >= 15 is 0 Å². The molecule has 0 fully saturated rings. The van der Waals surface area contributed by atoms with Gasteiger partial charge in [0.1, 0.15) is 0 Å². The molecule has 0 radical (unpaired) electrons. The average Bonchev–Trinajstić information content (AvgIpc) is 2.37. The van der Waals surface area contributed by atoms with Gasteiger partial charge in [-0.2, -0.15) is 0 Å². The summed E-state index contributed by atoms with van der Waals surface area (Å²) in [6.07, 6.45) is 0.956. The van der Waals surface area contributed by atoms with E-state index in [0.717, 1.165) is 24.1 Å². The molecule has 1 aromatic rings. The van der Waals surface area contributed by atoms with E-state index in [1.807, 2.05) is 30.9 Å². The molecule has 0 saturated carbocycles. The largest absolute Gasteiger partial charge is 0.338 e. The normalized spacial score (nSPS) is 11.5. The predicted molar refractivity (Wildman–Crippen MR) is 84.9 cm³/mol. The maximum absolute atomic E-state index is 12.7. The Bertz CT molecular complexity index is 466. The van der Waals surface area contributed by atoms with Gasteiger partial charge in [0, 0.05) is 18.7 Å². The Morgan fingerprint density at radius 2 is 1.95 bits per heavy atom. The number of nitrogens with zero attached hydrogens (tertiary/aromatic N) is 1. The Morgan fingerprint density at radius 3 is 2.45 bits per heavy atom. The highest BCUT2D eigenvalue weighted by Gasteiger charge is 2.24. The summed E-state index contributed by atoms with van der Waals surface area (Å²) in [6.45, 7) is 12.4. The molecular formula is C17H28N2O.